The number of fused-ring (bicyclic) bond motifs is 1. The van der Waals surface area contributed by atoms with Crippen molar-refractivity contribution in [2.75, 3.05) is 23.7 Å². The lowest BCUT2D eigenvalue weighted by Gasteiger charge is -2.28. The Labute approximate surface area is 217 Å². The number of ether oxygens (including phenoxy) is 2. The fourth-order valence-electron chi connectivity index (χ4n) is 4.79. The topological polar surface area (TPSA) is 102 Å². The zero-order valence-corrected chi connectivity index (χ0v) is 21.2. The molecule has 1 aromatic heterocycles. The molecule has 2 aliphatic rings. The third kappa shape index (κ3) is 3.98. The number of methoxy groups -OCH3 is 1. The number of rotatable bonds is 6. The normalized spacial score (nSPS) is 20.8. The molecule has 10 heteroatoms. The van der Waals surface area contributed by atoms with Crippen LogP contribution >= 0.6 is 11.3 Å². The summed E-state index contributed by atoms with van der Waals surface area (Å²) >= 11 is 0.855. The van der Waals surface area contributed by atoms with Crippen LogP contribution in [-0.4, -0.2) is 43.6 Å². The average molecular weight is 521 g/mol. The first kappa shape index (κ1) is 24.7. The van der Waals surface area contributed by atoms with Crippen molar-refractivity contribution in [3.8, 4) is 0 Å². The van der Waals surface area contributed by atoms with Crippen LogP contribution in [0.4, 0.5) is 10.7 Å². The molecule has 0 bridgehead atoms. The molecule has 2 aromatic carbocycles. The highest BCUT2D eigenvalue weighted by molar-refractivity contribution is 7.19. The summed E-state index contributed by atoms with van der Waals surface area (Å²) in [4.78, 5) is 60.2. The van der Waals surface area contributed by atoms with Crippen LogP contribution in [0, 0.1) is 12.8 Å². The second-order valence-corrected chi connectivity index (χ2v) is 9.53. The number of hydrogen-bond acceptors (Lipinski definition) is 9. The van der Waals surface area contributed by atoms with E-state index in [9.17, 15) is 19.2 Å². The number of carbonyl (C=O) groups is 4. The van der Waals surface area contributed by atoms with Crippen LogP contribution < -0.4 is 9.96 Å². The summed E-state index contributed by atoms with van der Waals surface area (Å²) < 4.78 is 10.0. The minimum atomic E-state index is -1.11. The van der Waals surface area contributed by atoms with E-state index in [4.69, 9.17) is 14.3 Å². The van der Waals surface area contributed by atoms with Gasteiger partial charge >= 0.3 is 11.9 Å². The SMILES string of the molecule is CCOC(=O)c1sc(N2C(=O)[C@H]3[C@@H](c4ccccc4)N(c4ccccc4)O[C@H]3C2=O)c(C(=O)OC)c1C. The maximum absolute atomic E-state index is 14.0. The molecule has 2 aliphatic heterocycles. The van der Waals surface area contributed by atoms with E-state index >= 15 is 0 Å². The number of esters is 2. The zero-order chi connectivity index (χ0) is 26.3. The van der Waals surface area contributed by atoms with Crippen molar-refractivity contribution in [1.29, 1.82) is 0 Å². The van der Waals surface area contributed by atoms with E-state index < -0.39 is 41.8 Å². The lowest BCUT2D eigenvalue weighted by atomic mass is 9.90. The van der Waals surface area contributed by atoms with Crippen molar-refractivity contribution in [1.82, 2.24) is 0 Å². The molecule has 0 N–H and O–H groups in total. The van der Waals surface area contributed by atoms with Crippen molar-refractivity contribution < 1.29 is 33.5 Å². The molecule has 0 saturated carbocycles. The van der Waals surface area contributed by atoms with Gasteiger partial charge in [0.25, 0.3) is 5.91 Å². The van der Waals surface area contributed by atoms with E-state index in [1.54, 1.807) is 18.9 Å². The number of para-hydroxylation sites is 1. The van der Waals surface area contributed by atoms with Gasteiger partial charge in [0.1, 0.15) is 15.8 Å². The van der Waals surface area contributed by atoms with Gasteiger partial charge in [-0.05, 0) is 37.1 Å². The predicted octanol–water partition coefficient (Wildman–Crippen LogP) is 4.07. The van der Waals surface area contributed by atoms with Crippen LogP contribution in [0.15, 0.2) is 60.7 Å². The lowest BCUT2D eigenvalue weighted by molar-refractivity contribution is -0.126. The van der Waals surface area contributed by atoms with Crippen molar-refractivity contribution in [2.45, 2.75) is 26.0 Å². The number of carbonyl (C=O) groups excluding carboxylic acids is 4. The van der Waals surface area contributed by atoms with Crippen LogP contribution in [-0.2, 0) is 23.9 Å². The molecular weight excluding hydrogens is 496 g/mol. The fraction of sp³-hybridized carbons (Fsp3) is 0.259. The van der Waals surface area contributed by atoms with E-state index in [1.807, 2.05) is 60.7 Å². The molecule has 190 valence electrons. The standard InChI is InChI=1S/C27H24N2O7S/c1-4-35-27(33)22-15(2)18(26(32)34-3)25(37-22)28-23(30)19-20(16-11-7-5-8-12-16)29(36-21(19)24(28)31)17-13-9-6-10-14-17/h5-14,19-21H,4H2,1-3H3/t19-,20+,21+/m0/s1. The Morgan fingerprint density at radius 3 is 2.24 bits per heavy atom. The van der Waals surface area contributed by atoms with Crippen molar-refractivity contribution in [2.24, 2.45) is 5.92 Å². The largest absolute Gasteiger partial charge is 0.465 e. The van der Waals surface area contributed by atoms with Crippen LogP contribution in [0.2, 0.25) is 0 Å². The van der Waals surface area contributed by atoms with Gasteiger partial charge in [-0.3, -0.25) is 14.4 Å². The molecular formula is C27H24N2O7S. The molecule has 3 heterocycles. The first-order chi connectivity index (χ1) is 17.9. The highest BCUT2D eigenvalue weighted by atomic mass is 32.1. The molecule has 2 saturated heterocycles. The highest BCUT2D eigenvalue weighted by Gasteiger charge is 2.61. The quantitative estimate of drug-likeness (QED) is 0.354. The van der Waals surface area contributed by atoms with Gasteiger partial charge in [0.15, 0.2) is 6.10 Å². The Bertz CT molecular complexity index is 1370. The van der Waals surface area contributed by atoms with Crippen molar-refractivity contribution in [3.05, 3.63) is 82.2 Å². The monoisotopic (exact) mass is 520 g/mol. The third-order valence-electron chi connectivity index (χ3n) is 6.45. The second-order valence-electron chi connectivity index (χ2n) is 8.53. The maximum atomic E-state index is 14.0. The molecule has 0 aliphatic carbocycles. The van der Waals surface area contributed by atoms with E-state index in [-0.39, 0.29) is 27.6 Å². The molecule has 37 heavy (non-hydrogen) atoms. The van der Waals surface area contributed by atoms with Gasteiger partial charge in [0.2, 0.25) is 5.91 Å². The molecule has 9 nitrogen and oxygen atoms in total. The van der Waals surface area contributed by atoms with E-state index in [2.05, 4.69) is 0 Å². The first-order valence-electron chi connectivity index (χ1n) is 11.7. The molecule has 5 rings (SSSR count). The summed E-state index contributed by atoms with van der Waals surface area (Å²) in [5.74, 6) is -3.42. The van der Waals surface area contributed by atoms with Crippen molar-refractivity contribution in [3.63, 3.8) is 0 Å². The van der Waals surface area contributed by atoms with E-state index in [0.717, 1.165) is 21.8 Å². The smallest absolute Gasteiger partial charge is 0.348 e. The highest BCUT2D eigenvalue weighted by Crippen LogP contribution is 2.49. The lowest BCUT2D eigenvalue weighted by Crippen LogP contribution is -2.37. The molecule has 0 spiro atoms. The average Bonchev–Trinajstić information content (AvgIpc) is 3.55. The Morgan fingerprint density at radius 1 is 0.973 bits per heavy atom. The minimum absolute atomic E-state index is 0.0200. The van der Waals surface area contributed by atoms with Gasteiger partial charge in [-0.1, -0.05) is 48.5 Å². The number of thiophene rings is 1. The minimum Gasteiger partial charge on any atom is -0.465 e. The molecule has 2 fully saturated rings. The number of hydrogen-bond donors (Lipinski definition) is 0. The van der Waals surface area contributed by atoms with Gasteiger partial charge in [-0.15, -0.1) is 11.3 Å². The fourth-order valence-corrected chi connectivity index (χ4v) is 5.99. The summed E-state index contributed by atoms with van der Waals surface area (Å²) in [6, 6.07) is 18.0. The number of hydroxylamine groups is 1. The first-order valence-corrected chi connectivity index (χ1v) is 12.5. The number of benzene rings is 2. The number of amides is 2. The van der Waals surface area contributed by atoms with Crippen molar-refractivity contribution >= 4 is 45.8 Å². The van der Waals surface area contributed by atoms with Gasteiger partial charge in [0.05, 0.1) is 31.0 Å². The van der Waals surface area contributed by atoms with Gasteiger partial charge in [-0.25, -0.2) is 19.6 Å². The third-order valence-corrected chi connectivity index (χ3v) is 7.71. The Kier molecular flexibility index (Phi) is 6.53. The zero-order valence-electron chi connectivity index (χ0n) is 20.4. The molecule has 2 amide bonds. The number of nitrogens with zero attached hydrogens (tertiary/aromatic N) is 2. The number of anilines is 2. The predicted molar refractivity (Wildman–Crippen MR) is 135 cm³/mol. The summed E-state index contributed by atoms with van der Waals surface area (Å²) in [7, 11) is 1.20. The number of imide groups is 1. The van der Waals surface area contributed by atoms with Crippen LogP contribution in [0.5, 0.6) is 0 Å². The molecule has 3 atom stereocenters. The Hall–Kier alpha value is -4.02. The summed E-state index contributed by atoms with van der Waals surface area (Å²) in [5, 5.41) is 1.63. The molecule has 3 aromatic rings. The summed E-state index contributed by atoms with van der Waals surface area (Å²) in [6.07, 6.45) is -1.11. The van der Waals surface area contributed by atoms with Gasteiger partial charge in [0, 0.05) is 0 Å². The summed E-state index contributed by atoms with van der Waals surface area (Å²) in [6.45, 7) is 3.36. The van der Waals surface area contributed by atoms with E-state index in [1.165, 1.54) is 7.11 Å². The molecule has 0 unspecified atom stereocenters. The van der Waals surface area contributed by atoms with Crippen LogP contribution in [0.25, 0.3) is 0 Å². The van der Waals surface area contributed by atoms with E-state index in [0.29, 0.717) is 5.69 Å². The summed E-state index contributed by atoms with van der Waals surface area (Å²) in [5.41, 5.74) is 1.76. The Balaban J connectivity index is 1.60. The maximum Gasteiger partial charge on any atom is 0.348 e. The molecule has 0 radical (unpaired) electrons. The Morgan fingerprint density at radius 2 is 1.62 bits per heavy atom. The van der Waals surface area contributed by atoms with Crippen LogP contribution in [0.1, 0.15) is 44.1 Å². The van der Waals surface area contributed by atoms with Crippen LogP contribution in [0.3, 0.4) is 0 Å². The van der Waals surface area contributed by atoms with Gasteiger partial charge in [-0.2, -0.15) is 0 Å². The van der Waals surface area contributed by atoms with Gasteiger partial charge < -0.3 is 9.47 Å². The second kappa shape index (κ2) is 9.79.